The lowest BCUT2D eigenvalue weighted by Gasteiger charge is -2.17. The van der Waals surface area contributed by atoms with Crippen LogP contribution in [0.2, 0.25) is 0 Å². The quantitative estimate of drug-likeness (QED) is 0.833. The Hall–Kier alpha value is -2.08. The molecule has 0 radical (unpaired) electrons. The van der Waals surface area contributed by atoms with Crippen LogP contribution in [0.25, 0.3) is 0 Å². The Morgan fingerprint density at radius 1 is 1.00 bits per heavy atom. The van der Waals surface area contributed by atoms with Gasteiger partial charge in [-0.05, 0) is 49.0 Å². The Labute approximate surface area is 126 Å². The lowest BCUT2D eigenvalue weighted by Crippen LogP contribution is -2.30. The number of thiocarbonyl (C=S) groups is 1. The van der Waals surface area contributed by atoms with Gasteiger partial charge in [0.1, 0.15) is 5.82 Å². The summed E-state index contributed by atoms with van der Waals surface area (Å²) in [6, 6.07) is 9.28. The minimum absolute atomic E-state index is 0.157. The van der Waals surface area contributed by atoms with E-state index in [1.165, 1.54) is 18.2 Å². The minimum Gasteiger partial charge on any atom is -0.356 e. The van der Waals surface area contributed by atoms with E-state index in [2.05, 4.69) is 10.6 Å². The molecular weight excluding hydrogens is 297 g/mol. The molecule has 0 amide bonds. The lowest BCUT2D eigenvalue weighted by atomic mass is 10.1. The summed E-state index contributed by atoms with van der Waals surface area (Å²) in [6.07, 6.45) is 0. The van der Waals surface area contributed by atoms with Gasteiger partial charge in [-0.1, -0.05) is 12.1 Å². The van der Waals surface area contributed by atoms with Gasteiger partial charge in [0.2, 0.25) is 0 Å². The highest BCUT2D eigenvalue weighted by Gasteiger charge is 2.08. The molecule has 0 bridgehead atoms. The largest absolute Gasteiger partial charge is 0.356 e. The molecule has 0 spiro atoms. The third-order valence-corrected chi connectivity index (χ3v) is 3.11. The van der Waals surface area contributed by atoms with Crippen LogP contribution in [0.15, 0.2) is 42.5 Å². The first-order valence-corrected chi connectivity index (χ1v) is 6.64. The molecule has 0 saturated carbocycles. The van der Waals surface area contributed by atoms with Crippen molar-refractivity contribution in [3.8, 4) is 0 Å². The van der Waals surface area contributed by atoms with E-state index in [1.807, 2.05) is 6.92 Å². The maximum atomic E-state index is 13.1. The number of nitrogens with one attached hydrogen (secondary N) is 2. The fourth-order valence-electron chi connectivity index (χ4n) is 1.77. The second-order valence-electron chi connectivity index (χ2n) is 4.50. The second kappa shape index (κ2) is 6.58. The molecule has 0 aliphatic rings. The van der Waals surface area contributed by atoms with Crippen molar-refractivity contribution < 1.29 is 13.2 Å². The topological polar surface area (TPSA) is 24.1 Å². The molecule has 110 valence electrons. The van der Waals surface area contributed by atoms with E-state index < -0.39 is 11.6 Å². The van der Waals surface area contributed by atoms with E-state index >= 15 is 0 Å². The highest BCUT2D eigenvalue weighted by molar-refractivity contribution is 7.80. The van der Waals surface area contributed by atoms with Crippen molar-refractivity contribution in [3.63, 3.8) is 0 Å². The standard InChI is InChI=1S/C15H13F3N2S/c1-9(10-2-4-11(16)5-3-10)19-15(21)20-12-6-7-13(17)14(18)8-12/h2-9H,1H3,(H2,19,20,21)/t9-/m0/s1. The summed E-state index contributed by atoms with van der Waals surface area (Å²) in [5.41, 5.74) is 1.20. The highest BCUT2D eigenvalue weighted by atomic mass is 32.1. The van der Waals surface area contributed by atoms with Crippen molar-refractivity contribution in [3.05, 3.63) is 65.5 Å². The van der Waals surface area contributed by atoms with Crippen LogP contribution in [-0.4, -0.2) is 5.11 Å². The van der Waals surface area contributed by atoms with Crippen LogP contribution in [0.5, 0.6) is 0 Å². The zero-order valence-electron chi connectivity index (χ0n) is 11.2. The van der Waals surface area contributed by atoms with Gasteiger partial charge in [0.05, 0.1) is 6.04 Å². The van der Waals surface area contributed by atoms with Gasteiger partial charge < -0.3 is 10.6 Å². The second-order valence-corrected chi connectivity index (χ2v) is 4.91. The molecule has 1 atom stereocenters. The fourth-order valence-corrected chi connectivity index (χ4v) is 2.07. The van der Waals surface area contributed by atoms with Crippen LogP contribution >= 0.6 is 12.2 Å². The van der Waals surface area contributed by atoms with Gasteiger partial charge in [-0.25, -0.2) is 13.2 Å². The van der Waals surface area contributed by atoms with E-state index in [9.17, 15) is 13.2 Å². The smallest absolute Gasteiger partial charge is 0.171 e. The molecule has 2 nitrogen and oxygen atoms in total. The molecule has 0 aliphatic heterocycles. The number of benzene rings is 2. The molecule has 2 aromatic rings. The highest BCUT2D eigenvalue weighted by Crippen LogP contribution is 2.15. The van der Waals surface area contributed by atoms with Gasteiger partial charge in [0.15, 0.2) is 16.7 Å². The molecule has 6 heteroatoms. The third-order valence-electron chi connectivity index (χ3n) is 2.90. The van der Waals surface area contributed by atoms with Crippen LogP contribution in [0.1, 0.15) is 18.5 Å². The normalized spacial score (nSPS) is 11.8. The van der Waals surface area contributed by atoms with Gasteiger partial charge in [-0.2, -0.15) is 0 Å². The first kappa shape index (κ1) is 15.3. The molecule has 0 unspecified atom stereocenters. The van der Waals surface area contributed by atoms with Gasteiger partial charge in [-0.15, -0.1) is 0 Å². The monoisotopic (exact) mass is 310 g/mol. The number of hydrogen-bond acceptors (Lipinski definition) is 1. The van der Waals surface area contributed by atoms with Crippen LogP contribution < -0.4 is 10.6 Å². The summed E-state index contributed by atoms with van der Waals surface area (Å²) in [4.78, 5) is 0. The van der Waals surface area contributed by atoms with E-state index in [4.69, 9.17) is 12.2 Å². The average molecular weight is 310 g/mol. The molecule has 0 fully saturated rings. The summed E-state index contributed by atoms with van der Waals surface area (Å²) in [6.45, 7) is 1.85. The van der Waals surface area contributed by atoms with Crippen LogP contribution in [0.3, 0.4) is 0 Å². The van der Waals surface area contributed by atoms with E-state index in [0.717, 1.165) is 17.7 Å². The Bertz CT molecular complexity index is 644. The molecule has 0 aromatic heterocycles. The molecule has 0 heterocycles. The Balaban J connectivity index is 1.97. The summed E-state index contributed by atoms with van der Waals surface area (Å²) in [5, 5.41) is 6.00. The first-order chi connectivity index (χ1) is 9.95. The molecule has 2 aromatic carbocycles. The number of halogens is 3. The summed E-state index contributed by atoms with van der Waals surface area (Å²) >= 11 is 5.10. The molecule has 0 saturated heterocycles. The number of rotatable bonds is 3. The third kappa shape index (κ3) is 4.19. The fraction of sp³-hybridized carbons (Fsp3) is 0.133. The van der Waals surface area contributed by atoms with Crippen molar-refractivity contribution in [1.29, 1.82) is 0 Å². The maximum Gasteiger partial charge on any atom is 0.171 e. The van der Waals surface area contributed by atoms with Crippen LogP contribution in [-0.2, 0) is 0 Å². The van der Waals surface area contributed by atoms with Gasteiger partial charge in [-0.3, -0.25) is 0 Å². The van der Waals surface area contributed by atoms with E-state index in [-0.39, 0.29) is 17.0 Å². The molecule has 0 aliphatic carbocycles. The van der Waals surface area contributed by atoms with E-state index in [0.29, 0.717) is 5.69 Å². The number of hydrogen-bond donors (Lipinski definition) is 2. The molecule has 21 heavy (non-hydrogen) atoms. The average Bonchev–Trinajstić information content (AvgIpc) is 2.43. The predicted molar refractivity (Wildman–Crippen MR) is 80.5 cm³/mol. The van der Waals surface area contributed by atoms with Crippen molar-refractivity contribution in [2.24, 2.45) is 0 Å². The Morgan fingerprint density at radius 3 is 2.29 bits per heavy atom. The van der Waals surface area contributed by atoms with Crippen molar-refractivity contribution in [2.75, 3.05) is 5.32 Å². The van der Waals surface area contributed by atoms with Gasteiger partial charge in [0.25, 0.3) is 0 Å². The Morgan fingerprint density at radius 2 is 1.67 bits per heavy atom. The van der Waals surface area contributed by atoms with E-state index in [1.54, 1.807) is 12.1 Å². The number of anilines is 1. The zero-order chi connectivity index (χ0) is 15.4. The van der Waals surface area contributed by atoms with Crippen molar-refractivity contribution >= 4 is 23.0 Å². The van der Waals surface area contributed by atoms with Gasteiger partial charge in [0, 0.05) is 11.8 Å². The Kier molecular flexibility index (Phi) is 4.80. The summed E-state index contributed by atoms with van der Waals surface area (Å²) < 4.78 is 38.7. The van der Waals surface area contributed by atoms with Crippen molar-refractivity contribution in [1.82, 2.24) is 5.32 Å². The maximum absolute atomic E-state index is 13.1. The summed E-state index contributed by atoms with van der Waals surface area (Å²) in [5.74, 6) is -2.18. The molecule has 2 N–H and O–H groups in total. The lowest BCUT2D eigenvalue weighted by molar-refractivity contribution is 0.509. The molecular formula is C15H13F3N2S. The van der Waals surface area contributed by atoms with Crippen molar-refractivity contribution in [2.45, 2.75) is 13.0 Å². The predicted octanol–water partition coefficient (Wildman–Crippen LogP) is 4.15. The molecule has 2 rings (SSSR count). The van der Waals surface area contributed by atoms with Crippen LogP contribution in [0.4, 0.5) is 18.9 Å². The van der Waals surface area contributed by atoms with Crippen LogP contribution in [0, 0.1) is 17.5 Å². The van der Waals surface area contributed by atoms with Gasteiger partial charge >= 0.3 is 0 Å². The zero-order valence-corrected chi connectivity index (χ0v) is 12.0. The minimum atomic E-state index is -0.950. The summed E-state index contributed by atoms with van der Waals surface area (Å²) in [7, 11) is 0. The SMILES string of the molecule is C[C@H](NC(=S)Nc1ccc(F)c(F)c1)c1ccc(F)cc1. The first-order valence-electron chi connectivity index (χ1n) is 6.24.